The molecule has 1 aromatic heterocycles. The quantitative estimate of drug-likeness (QED) is 0.780. The van der Waals surface area contributed by atoms with Crippen LogP contribution in [0, 0.1) is 6.92 Å². The molecule has 0 saturated carbocycles. The topological polar surface area (TPSA) is 39.8 Å². The Bertz CT molecular complexity index is 522. The molecule has 1 aromatic carbocycles. The molecule has 0 saturated heterocycles. The van der Waals surface area contributed by atoms with Gasteiger partial charge in [-0.05, 0) is 19.4 Å². The summed E-state index contributed by atoms with van der Waals surface area (Å²) in [6.45, 7) is 5.17. The van der Waals surface area contributed by atoms with Crippen molar-refractivity contribution in [1.29, 1.82) is 0 Å². The minimum Gasteiger partial charge on any atom is -0.282 e. The molecule has 0 unspecified atom stereocenters. The maximum Gasteiger partial charge on any atom is 0.346 e. The summed E-state index contributed by atoms with van der Waals surface area (Å²) >= 11 is 0. The highest BCUT2D eigenvalue weighted by atomic mass is 16.2. The average molecular weight is 217 g/mol. The smallest absolute Gasteiger partial charge is 0.282 e. The number of nitrogens with zero attached hydrogens (tertiary/aromatic N) is 3. The number of hydrogen-bond acceptors (Lipinski definition) is 2. The molecule has 0 radical (unpaired) electrons. The fraction of sp³-hybridized carbons (Fsp3) is 0.333. The third-order valence-corrected chi connectivity index (χ3v) is 2.59. The highest BCUT2D eigenvalue weighted by molar-refractivity contribution is 5.21. The number of hydrogen-bond donors (Lipinski definition) is 0. The van der Waals surface area contributed by atoms with E-state index in [0.717, 1.165) is 5.56 Å². The second-order valence-corrected chi connectivity index (χ2v) is 3.84. The van der Waals surface area contributed by atoms with Crippen molar-refractivity contribution in [3.8, 4) is 0 Å². The van der Waals surface area contributed by atoms with Crippen molar-refractivity contribution in [3.63, 3.8) is 0 Å². The van der Waals surface area contributed by atoms with E-state index >= 15 is 0 Å². The molecular formula is C12H15N3O. The van der Waals surface area contributed by atoms with Gasteiger partial charge in [-0.25, -0.2) is 9.48 Å². The molecule has 4 nitrogen and oxygen atoms in total. The van der Waals surface area contributed by atoms with E-state index in [1.165, 1.54) is 10.2 Å². The van der Waals surface area contributed by atoms with Gasteiger partial charge in [-0.2, -0.15) is 5.10 Å². The van der Waals surface area contributed by atoms with E-state index < -0.39 is 0 Å². The fourth-order valence-electron chi connectivity index (χ4n) is 1.56. The Morgan fingerprint density at radius 2 is 1.94 bits per heavy atom. The molecule has 0 spiro atoms. The van der Waals surface area contributed by atoms with E-state index in [1.54, 1.807) is 10.9 Å². The first-order valence-electron chi connectivity index (χ1n) is 5.38. The van der Waals surface area contributed by atoms with E-state index in [0.29, 0.717) is 13.1 Å². The Kier molecular flexibility index (Phi) is 2.90. The van der Waals surface area contributed by atoms with Crippen molar-refractivity contribution in [1.82, 2.24) is 14.3 Å². The first kappa shape index (κ1) is 10.7. The van der Waals surface area contributed by atoms with Gasteiger partial charge in [0.1, 0.15) is 6.33 Å². The van der Waals surface area contributed by atoms with Gasteiger partial charge < -0.3 is 0 Å². The van der Waals surface area contributed by atoms with Gasteiger partial charge in [0.2, 0.25) is 0 Å². The number of aryl methyl sites for hydroxylation is 2. The van der Waals surface area contributed by atoms with Crippen molar-refractivity contribution in [2.75, 3.05) is 0 Å². The van der Waals surface area contributed by atoms with Crippen molar-refractivity contribution in [2.45, 2.75) is 26.9 Å². The first-order valence-corrected chi connectivity index (χ1v) is 5.38. The highest BCUT2D eigenvalue weighted by Gasteiger charge is 2.03. The third kappa shape index (κ3) is 2.05. The molecule has 16 heavy (non-hydrogen) atoms. The SMILES string of the molecule is CCn1cnn(Cc2ccc(C)cc2)c1=O. The van der Waals surface area contributed by atoms with E-state index in [4.69, 9.17) is 0 Å². The molecule has 1 heterocycles. The zero-order valence-electron chi connectivity index (χ0n) is 9.55. The van der Waals surface area contributed by atoms with Crippen LogP contribution in [0.15, 0.2) is 35.4 Å². The standard InChI is InChI=1S/C12H15N3O/c1-3-14-9-13-15(12(14)16)8-11-6-4-10(2)5-7-11/h4-7,9H,3,8H2,1-2H3. The van der Waals surface area contributed by atoms with Crippen LogP contribution in [0.25, 0.3) is 0 Å². The van der Waals surface area contributed by atoms with Crippen LogP contribution < -0.4 is 5.69 Å². The van der Waals surface area contributed by atoms with Gasteiger partial charge in [-0.15, -0.1) is 0 Å². The lowest BCUT2D eigenvalue weighted by molar-refractivity contribution is 0.631. The fourth-order valence-corrected chi connectivity index (χ4v) is 1.56. The average Bonchev–Trinajstić information content (AvgIpc) is 2.63. The Hall–Kier alpha value is -1.84. The minimum atomic E-state index is -0.0527. The molecule has 0 bridgehead atoms. The molecule has 0 atom stereocenters. The molecule has 0 amide bonds. The molecule has 2 rings (SSSR count). The van der Waals surface area contributed by atoms with Gasteiger partial charge in [0, 0.05) is 6.54 Å². The number of rotatable bonds is 3. The maximum absolute atomic E-state index is 11.7. The Morgan fingerprint density at radius 1 is 1.25 bits per heavy atom. The van der Waals surface area contributed by atoms with Gasteiger partial charge in [0.15, 0.2) is 0 Å². The largest absolute Gasteiger partial charge is 0.346 e. The van der Waals surface area contributed by atoms with E-state index in [1.807, 2.05) is 38.1 Å². The summed E-state index contributed by atoms with van der Waals surface area (Å²) in [6, 6.07) is 8.12. The van der Waals surface area contributed by atoms with Gasteiger partial charge in [0.05, 0.1) is 6.54 Å². The van der Waals surface area contributed by atoms with Crippen LogP contribution in [0.1, 0.15) is 18.1 Å². The summed E-state index contributed by atoms with van der Waals surface area (Å²) in [5.41, 5.74) is 2.26. The number of aromatic nitrogens is 3. The maximum atomic E-state index is 11.7. The third-order valence-electron chi connectivity index (χ3n) is 2.59. The predicted octanol–water partition coefficient (Wildman–Crippen LogP) is 1.42. The summed E-state index contributed by atoms with van der Waals surface area (Å²) in [4.78, 5) is 11.7. The van der Waals surface area contributed by atoms with Crippen LogP contribution in [0.4, 0.5) is 0 Å². The molecule has 0 N–H and O–H groups in total. The monoisotopic (exact) mass is 217 g/mol. The van der Waals surface area contributed by atoms with E-state index in [9.17, 15) is 4.79 Å². The molecule has 0 fully saturated rings. The predicted molar refractivity (Wildman–Crippen MR) is 62.4 cm³/mol. The van der Waals surface area contributed by atoms with Crippen molar-refractivity contribution < 1.29 is 0 Å². The van der Waals surface area contributed by atoms with Crippen LogP contribution in [-0.4, -0.2) is 14.3 Å². The molecule has 84 valence electrons. The van der Waals surface area contributed by atoms with Gasteiger partial charge in [-0.3, -0.25) is 4.57 Å². The Balaban J connectivity index is 2.24. The summed E-state index contributed by atoms with van der Waals surface area (Å²) < 4.78 is 3.07. The zero-order chi connectivity index (χ0) is 11.5. The second kappa shape index (κ2) is 4.35. The van der Waals surface area contributed by atoms with E-state index in [-0.39, 0.29) is 5.69 Å². The van der Waals surface area contributed by atoms with Crippen LogP contribution in [0.2, 0.25) is 0 Å². The highest BCUT2D eigenvalue weighted by Crippen LogP contribution is 2.03. The minimum absolute atomic E-state index is 0.0527. The lowest BCUT2D eigenvalue weighted by atomic mass is 10.1. The van der Waals surface area contributed by atoms with Crippen LogP contribution >= 0.6 is 0 Å². The zero-order valence-corrected chi connectivity index (χ0v) is 9.55. The Morgan fingerprint density at radius 3 is 2.50 bits per heavy atom. The van der Waals surface area contributed by atoms with Gasteiger partial charge >= 0.3 is 5.69 Å². The lowest BCUT2D eigenvalue weighted by Crippen LogP contribution is -2.24. The summed E-state index contributed by atoms with van der Waals surface area (Å²) in [7, 11) is 0. The van der Waals surface area contributed by atoms with E-state index in [2.05, 4.69) is 5.10 Å². The molecular weight excluding hydrogens is 202 g/mol. The number of benzene rings is 1. The van der Waals surface area contributed by atoms with Crippen LogP contribution in [-0.2, 0) is 13.1 Å². The summed E-state index contributed by atoms with van der Waals surface area (Å²) in [5, 5.41) is 4.07. The van der Waals surface area contributed by atoms with Crippen molar-refractivity contribution in [3.05, 3.63) is 52.2 Å². The van der Waals surface area contributed by atoms with Crippen molar-refractivity contribution in [2.24, 2.45) is 0 Å². The second-order valence-electron chi connectivity index (χ2n) is 3.84. The van der Waals surface area contributed by atoms with Gasteiger partial charge in [-0.1, -0.05) is 29.8 Å². The molecule has 4 heteroatoms. The molecule has 0 aliphatic rings. The molecule has 2 aromatic rings. The van der Waals surface area contributed by atoms with Crippen molar-refractivity contribution >= 4 is 0 Å². The van der Waals surface area contributed by atoms with Crippen LogP contribution in [0.5, 0.6) is 0 Å². The first-order chi connectivity index (χ1) is 7.70. The summed E-state index contributed by atoms with van der Waals surface area (Å²) in [6.07, 6.45) is 1.58. The normalized spacial score (nSPS) is 10.6. The Labute approximate surface area is 94.1 Å². The summed E-state index contributed by atoms with van der Waals surface area (Å²) in [5.74, 6) is 0. The lowest BCUT2D eigenvalue weighted by Gasteiger charge is -2.00. The molecule has 0 aliphatic heterocycles. The van der Waals surface area contributed by atoms with Gasteiger partial charge in [0.25, 0.3) is 0 Å². The van der Waals surface area contributed by atoms with Crippen LogP contribution in [0.3, 0.4) is 0 Å². The molecule has 0 aliphatic carbocycles.